The average Bonchev–Trinajstić information content (AvgIpc) is 3.01. The van der Waals surface area contributed by atoms with Gasteiger partial charge < -0.3 is 19.7 Å². The molecule has 0 unspecified atom stereocenters. The number of rotatable bonds is 12. The molecule has 4 rings (SSSR count). The summed E-state index contributed by atoms with van der Waals surface area (Å²) < 4.78 is 24.2. The van der Waals surface area contributed by atoms with Crippen molar-refractivity contribution in [1.82, 2.24) is 0 Å². The Balaban J connectivity index is 1.47. The van der Waals surface area contributed by atoms with Crippen molar-refractivity contribution >= 4 is 31.0 Å². The Kier molecular flexibility index (Phi) is 10.3. The molecule has 0 aromatic heterocycles. The maximum absolute atomic E-state index is 13.2. The van der Waals surface area contributed by atoms with Crippen molar-refractivity contribution < 1.29 is 28.1 Å². The largest absolute Gasteiger partial charge is 0.584 e. The number of carbonyl (C=O) groups excluding carboxylic acids is 2. The molecule has 8 nitrogen and oxygen atoms in total. The van der Waals surface area contributed by atoms with E-state index in [1.165, 1.54) is 0 Å². The number of anilines is 2. The number of hydrogen-bond donors (Lipinski definition) is 3. The molecular weight excluding hydrogens is 611 g/mol. The highest BCUT2D eigenvalue weighted by Gasteiger charge is 2.29. The molecule has 4 aromatic rings. The number of nitrogens with one attached hydrogen (secondary N) is 2. The number of phosphoric acid groups is 1. The zero-order chi connectivity index (χ0) is 34.6. The van der Waals surface area contributed by atoms with Gasteiger partial charge >= 0.3 is 7.82 Å². The van der Waals surface area contributed by atoms with Gasteiger partial charge in [-0.05, 0) is 84.6 Å². The van der Waals surface area contributed by atoms with Crippen molar-refractivity contribution in [3.63, 3.8) is 0 Å². The lowest BCUT2D eigenvalue weighted by molar-refractivity contribution is -0.113. The summed E-state index contributed by atoms with van der Waals surface area (Å²) in [4.78, 5) is 34.7. The predicted octanol–water partition coefficient (Wildman–Crippen LogP) is 8.93. The van der Waals surface area contributed by atoms with Crippen LogP contribution in [0.25, 0.3) is 0 Å². The maximum atomic E-state index is 13.2. The van der Waals surface area contributed by atoms with Crippen LogP contribution in [0.2, 0.25) is 0 Å². The summed E-state index contributed by atoms with van der Waals surface area (Å²) in [6, 6.07) is 29.0. The highest BCUT2D eigenvalue weighted by molar-refractivity contribution is 7.48. The van der Waals surface area contributed by atoms with Crippen molar-refractivity contribution in [1.29, 1.82) is 0 Å². The molecule has 0 heterocycles. The van der Waals surface area contributed by atoms with Crippen LogP contribution >= 0.6 is 7.82 Å². The maximum Gasteiger partial charge on any atom is 0.584 e. The van der Waals surface area contributed by atoms with Gasteiger partial charge in [0.25, 0.3) is 11.8 Å². The zero-order valence-electron chi connectivity index (χ0n) is 27.6. The Morgan fingerprint density at radius 3 is 1.28 bits per heavy atom. The molecule has 0 saturated carbocycles. The van der Waals surface area contributed by atoms with E-state index in [4.69, 9.17) is 9.05 Å². The van der Waals surface area contributed by atoms with Crippen molar-refractivity contribution in [2.75, 3.05) is 10.6 Å². The highest BCUT2D eigenvalue weighted by Crippen LogP contribution is 2.46. The molecule has 0 radical (unpaired) electrons. The topological polar surface area (TPSA) is 114 Å². The summed E-state index contributed by atoms with van der Waals surface area (Å²) in [5.74, 6) is -0.125. The molecule has 0 aliphatic carbocycles. The molecule has 244 valence electrons. The van der Waals surface area contributed by atoms with E-state index in [9.17, 15) is 19.0 Å². The van der Waals surface area contributed by atoms with E-state index < -0.39 is 18.7 Å². The lowest BCUT2D eigenvalue weighted by Crippen LogP contribution is -2.19. The fourth-order valence-electron chi connectivity index (χ4n) is 4.92. The van der Waals surface area contributed by atoms with Crippen LogP contribution in [0.4, 0.5) is 11.4 Å². The Bertz CT molecular complexity index is 1730. The summed E-state index contributed by atoms with van der Waals surface area (Å²) in [5, 5.41) is 5.60. The van der Waals surface area contributed by atoms with Gasteiger partial charge in [0.15, 0.2) is 0 Å². The first-order chi connectivity index (χ1) is 22.0. The summed E-state index contributed by atoms with van der Waals surface area (Å²) in [6.45, 7) is 18.7. The fraction of sp³-hybridized carbons (Fsp3) is 0.211. The summed E-state index contributed by atoms with van der Waals surface area (Å²) in [7, 11) is -4.58. The third kappa shape index (κ3) is 8.67. The molecule has 0 aliphatic heterocycles. The van der Waals surface area contributed by atoms with Crippen LogP contribution in [0.3, 0.4) is 0 Å². The number of hydrogen-bond acceptors (Lipinski definition) is 5. The second-order valence-electron chi connectivity index (χ2n) is 12.6. The Hall–Kier alpha value is -4.91. The summed E-state index contributed by atoms with van der Waals surface area (Å²) >= 11 is 0. The highest BCUT2D eigenvalue weighted by atomic mass is 31.2. The minimum absolute atomic E-state index is 0.182. The molecule has 0 bridgehead atoms. The first kappa shape index (κ1) is 35.0. The Morgan fingerprint density at radius 2 is 0.957 bits per heavy atom. The molecule has 9 heteroatoms. The molecule has 0 aliphatic rings. The molecule has 0 spiro atoms. The second-order valence-corrected chi connectivity index (χ2v) is 13.9. The van der Waals surface area contributed by atoms with E-state index in [1.807, 2.05) is 88.4 Å². The molecule has 4 aromatic carbocycles. The molecule has 0 saturated heterocycles. The Labute approximate surface area is 276 Å². The molecule has 0 fully saturated rings. The van der Waals surface area contributed by atoms with Crippen molar-refractivity contribution in [3.8, 4) is 11.5 Å². The Morgan fingerprint density at radius 1 is 0.617 bits per heavy atom. The van der Waals surface area contributed by atoms with Gasteiger partial charge in [-0.1, -0.05) is 89.4 Å². The second kappa shape index (κ2) is 13.8. The van der Waals surface area contributed by atoms with Crippen LogP contribution < -0.4 is 19.7 Å². The number of phosphoric ester groups is 1. The van der Waals surface area contributed by atoms with E-state index in [-0.39, 0.29) is 23.3 Å². The first-order valence-electron chi connectivity index (χ1n) is 15.1. The monoisotopic (exact) mass is 652 g/mol. The third-order valence-corrected chi connectivity index (χ3v) is 8.94. The van der Waals surface area contributed by atoms with Crippen molar-refractivity contribution in [2.24, 2.45) is 0 Å². The van der Waals surface area contributed by atoms with Gasteiger partial charge in [0, 0.05) is 33.4 Å². The summed E-state index contributed by atoms with van der Waals surface area (Å²) in [5.41, 5.74) is 4.80. The smallest absolute Gasteiger partial charge is 0.395 e. The minimum Gasteiger partial charge on any atom is -0.395 e. The van der Waals surface area contributed by atoms with Crippen LogP contribution in [0.15, 0.2) is 121 Å². The van der Waals surface area contributed by atoms with Gasteiger partial charge in [0.2, 0.25) is 0 Å². The average molecular weight is 653 g/mol. The van der Waals surface area contributed by atoms with Gasteiger partial charge in [-0.15, -0.1) is 0 Å². The quantitative estimate of drug-likeness (QED) is 0.104. The van der Waals surface area contributed by atoms with Crippen molar-refractivity contribution in [2.45, 2.75) is 52.4 Å². The lowest BCUT2D eigenvalue weighted by Gasteiger charge is -2.27. The lowest BCUT2D eigenvalue weighted by atomic mass is 9.78. The SMILES string of the molecule is C=C(C)C(=O)Nc1ccc(C(C)(C)c2cccc(OP(=O)(O)Oc3cccc(C(C)(C)c4ccc(NC(=O)C(=C)C)cc4)c3)c2)cc1. The fourth-order valence-corrected chi connectivity index (χ4v) is 5.71. The van der Waals surface area contributed by atoms with Crippen LogP contribution in [-0.4, -0.2) is 16.7 Å². The number of amides is 2. The van der Waals surface area contributed by atoms with Crippen LogP contribution in [0.1, 0.15) is 63.8 Å². The van der Waals surface area contributed by atoms with Crippen molar-refractivity contribution in [3.05, 3.63) is 144 Å². The van der Waals surface area contributed by atoms with E-state index in [2.05, 4.69) is 23.8 Å². The number of benzene rings is 4. The van der Waals surface area contributed by atoms with Crippen LogP contribution in [0, 0.1) is 0 Å². The molecule has 2 amide bonds. The van der Waals surface area contributed by atoms with Gasteiger partial charge in [-0.2, -0.15) is 0 Å². The molecular formula is C38H41N2O6P. The molecule has 3 N–H and O–H groups in total. The van der Waals surface area contributed by atoms with E-state index >= 15 is 0 Å². The van der Waals surface area contributed by atoms with Gasteiger partial charge in [-0.3, -0.25) is 14.5 Å². The first-order valence-corrected chi connectivity index (χ1v) is 16.6. The predicted molar refractivity (Wildman–Crippen MR) is 188 cm³/mol. The summed E-state index contributed by atoms with van der Waals surface area (Å²) in [6.07, 6.45) is 0. The van der Waals surface area contributed by atoms with E-state index in [1.54, 1.807) is 50.2 Å². The van der Waals surface area contributed by atoms with Crippen LogP contribution in [-0.2, 0) is 25.0 Å². The van der Waals surface area contributed by atoms with Gasteiger partial charge in [0.05, 0.1) is 0 Å². The number of carbonyl (C=O) groups is 2. The zero-order valence-corrected chi connectivity index (χ0v) is 28.5. The normalized spacial score (nSPS) is 11.7. The van der Waals surface area contributed by atoms with E-state index in [0.29, 0.717) is 22.5 Å². The van der Waals surface area contributed by atoms with E-state index in [0.717, 1.165) is 22.3 Å². The molecule has 47 heavy (non-hydrogen) atoms. The standard InChI is InChI=1S/C38H41N2O6P/c1-25(2)35(41)39-31-19-15-27(16-20-31)37(5,6)29-11-9-13-33(23-29)45-47(43,44)46-34-14-10-12-30(24-34)38(7,8)28-17-21-32(22-18-28)40-36(42)26(3)4/h9-24H,1,3H2,2,4-8H3,(H,39,41)(H,40,42)(H,43,44). The third-order valence-electron chi connectivity index (χ3n) is 8.06. The van der Waals surface area contributed by atoms with Gasteiger partial charge in [-0.25, -0.2) is 4.57 Å². The minimum atomic E-state index is -4.58. The molecule has 0 atom stereocenters. The van der Waals surface area contributed by atoms with Crippen LogP contribution in [0.5, 0.6) is 11.5 Å². The van der Waals surface area contributed by atoms with Gasteiger partial charge in [0.1, 0.15) is 11.5 Å².